The van der Waals surface area contributed by atoms with E-state index in [0.29, 0.717) is 36.2 Å². The summed E-state index contributed by atoms with van der Waals surface area (Å²) >= 11 is 1.38. The van der Waals surface area contributed by atoms with Gasteiger partial charge in [0.1, 0.15) is 25.1 Å². The maximum absolute atomic E-state index is 10.9. The summed E-state index contributed by atoms with van der Waals surface area (Å²) in [5.41, 5.74) is 5.60. The van der Waals surface area contributed by atoms with E-state index < -0.39 is 12.0 Å². The van der Waals surface area contributed by atoms with Crippen LogP contribution in [0.4, 0.5) is 0 Å². The molecule has 1 heterocycles. The van der Waals surface area contributed by atoms with Gasteiger partial charge in [0.05, 0.1) is 0 Å². The Labute approximate surface area is 199 Å². The molecule has 2 aromatic rings. The smallest absolute Gasteiger partial charge is 0.273 e. The van der Waals surface area contributed by atoms with Crippen LogP contribution in [-0.4, -0.2) is 61.4 Å². The second-order valence-corrected chi connectivity index (χ2v) is 8.05. The number of rotatable bonds is 17. The second kappa shape index (κ2) is 18.8. The predicted octanol–water partition coefficient (Wildman–Crippen LogP) is 2.35. The Morgan fingerprint density at radius 3 is 2.58 bits per heavy atom. The van der Waals surface area contributed by atoms with Gasteiger partial charge in [-0.25, -0.2) is 4.98 Å². The molecule has 0 bridgehead atoms. The van der Waals surface area contributed by atoms with E-state index >= 15 is 0 Å². The predicted molar refractivity (Wildman–Crippen MR) is 130 cm³/mol. The number of aromatic nitrogens is 1. The van der Waals surface area contributed by atoms with Crippen LogP contribution in [0.2, 0.25) is 0 Å². The highest BCUT2D eigenvalue weighted by atomic mass is 32.1. The Morgan fingerprint density at radius 2 is 1.94 bits per heavy atom. The van der Waals surface area contributed by atoms with Crippen LogP contribution in [-0.2, 0) is 4.79 Å². The zero-order valence-corrected chi connectivity index (χ0v) is 20.0. The number of carbonyl (C=O) groups is 2. The fourth-order valence-electron chi connectivity index (χ4n) is 2.62. The third kappa shape index (κ3) is 14.9. The maximum Gasteiger partial charge on any atom is 0.273 e. The number of aliphatic hydroxyl groups excluding tert-OH is 1. The lowest BCUT2D eigenvalue weighted by molar-refractivity contribution is -0.109. The van der Waals surface area contributed by atoms with Crippen LogP contribution < -0.4 is 25.8 Å². The van der Waals surface area contributed by atoms with Gasteiger partial charge < -0.3 is 30.9 Å². The average Bonchev–Trinajstić information content (AvgIpc) is 3.34. The normalized spacial score (nSPS) is 11.1. The Bertz CT molecular complexity index is 744. The SMILES string of the molecule is CCCCCCCNC=O.NC(=O)c1ccc(OCCNCC(O)COc2nccs2)cc1. The van der Waals surface area contributed by atoms with E-state index in [1.54, 1.807) is 30.5 Å². The summed E-state index contributed by atoms with van der Waals surface area (Å²) in [7, 11) is 0. The first-order chi connectivity index (χ1) is 16.1. The Balaban J connectivity index is 0.000000461. The summed E-state index contributed by atoms with van der Waals surface area (Å²) in [5.74, 6) is 0.191. The van der Waals surface area contributed by atoms with E-state index in [9.17, 15) is 14.7 Å². The maximum atomic E-state index is 10.9. The van der Waals surface area contributed by atoms with Gasteiger partial charge in [0.2, 0.25) is 12.3 Å². The highest BCUT2D eigenvalue weighted by Gasteiger charge is 2.06. The van der Waals surface area contributed by atoms with Crippen molar-refractivity contribution < 1.29 is 24.2 Å². The summed E-state index contributed by atoms with van der Waals surface area (Å²) in [6, 6.07) is 6.61. The van der Waals surface area contributed by atoms with Gasteiger partial charge in [-0.2, -0.15) is 0 Å². The van der Waals surface area contributed by atoms with Gasteiger partial charge in [-0.15, -0.1) is 0 Å². The fourth-order valence-corrected chi connectivity index (χ4v) is 3.12. The van der Waals surface area contributed by atoms with Gasteiger partial charge >= 0.3 is 0 Å². The summed E-state index contributed by atoms with van der Waals surface area (Å²) in [6.07, 6.45) is 8.07. The quantitative estimate of drug-likeness (QED) is 0.202. The number of aliphatic hydroxyl groups is 1. The molecule has 33 heavy (non-hydrogen) atoms. The van der Waals surface area contributed by atoms with Crippen molar-refractivity contribution in [3.05, 3.63) is 41.4 Å². The third-order valence-electron chi connectivity index (χ3n) is 4.38. The van der Waals surface area contributed by atoms with Crippen molar-refractivity contribution in [3.63, 3.8) is 0 Å². The molecule has 1 unspecified atom stereocenters. The van der Waals surface area contributed by atoms with Gasteiger partial charge in [-0.3, -0.25) is 9.59 Å². The molecular formula is C23H36N4O5S. The van der Waals surface area contributed by atoms with Gasteiger partial charge in [0, 0.05) is 36.8 Å². The van der Waals surface area contributed by atoms with Crippen molar-refractivity contribution in [1.29, 1.82) is 0 Å². The molecule has 0 saturated carbocycles. The lowest BCUT2D eigenvalue weighted by Crippen LogP contribution is -2.33. The van der Waals surface area contributed by atoms with Crippen molar-refractivity contribution in [2.45, 2.75) is 45.1 Å². The minimum atomic E-state index is -0.617. The van der Waals surface area contributed by atoms with E-state index in [1.165, 1.54) is 37.0 Å². The van der Waals surface area contributed by atoms with Gasteiger partial charge in [0.15, 0.2) is 0 Å². The molecule has 0 aliphatic rings. The Morgan fingerprint density at radius 1 is 1.18 bits per heavy atom. The molecule has 0 fully saturated rings. The van der Waals surface area contributed by atoms with E-state index in [0.717, 1.165) is 19.4 Å². The van der Waals surface area contributed by atoms with Gasteiger partial charge in [0.25, 0.3) is 5.19 Å². The summed E-state index contributed by atoms with van der Waals surface area (Å²) in [6.45, 7) is 4.64. The van der Waals surface area contributed by atoms with Crippen molar-refractivity contribution in [2.24, 2.45) is 5.73 Å². The number of carbonyl (C=O) groups excluding carboxylic acids is 2. The number of hydrogen-bond donors (Lipinski definition) is 4. The Kier molecular flexibility index (Phi) is 16.2. The fraction of sp³-hybridized carbons (Fsp3) is 0.522. The largest absolute Gasteiger partial charge is 0.492 e. The van der Waals surface area contributed by atoms with Crippen LogP contribution in [0.25, 0.3) is 0 Å². The minimum Gasteiger partial charge on any atom is -0.492 e. The molecule has 2 amide bonds. The topological polar surface area (TPSA) is 136 Å². The molecular weight excluding hydrogens is 444 g/mol. The Hall–Kier alpha value is -2.69. The molecule has 0 radical (unpaired) electrons. The molecule has 1 atom stereocenters. The molecule has 0 spiro atoms. The highest BCUT2D eigenvalue weighted by molar-refractivity contribution is 7.11. The molecule has 10 heteroatoms. The molecule has 2 rings (SSSR count). The summed E-state index contributed by atoms with van der Waals surface area (Å²) in [4.78, 5) is 24.7. The minimum absolute atomic E-state index is 0.190. The van der Waals surface area contributed by atoms with Crippen LogP contribution in [0, 0.1) is 0 Å². The molecule has 184 valence electrons. The zero-order valence-electron chi connectivity index (χ0n) is 19.2. The molecule has 0 aliphatic heterocycles. The monoisotopic (exact) mass is 480 g/mol. The number of benzene rings is 1. The lowest BCUT2D eigenvalue weighted by Gasteiger charge is -2.12. The number of primary amides is 1. The van der Waals surface area contributed by atoms with Crippen LogP contribution in [0.5, 0.6) is 10.9 Å². The van der Waals surface area contributed by atoms with Crippen LogP contribution in [0.15, 0.2) is 35.8 Å². The lowest BCUT2D eigenvalue weighted by atomic mass is 10.1. The molecule has 0 aliphatic carbocycles. The van der Waals surface area contributed by atoms with E-state index in [-0.39, 0.29) is 6.61 Å². The van der Waals surface area contributed by atoms with Gasteiger partial charge in [-0.1, -0.05) is 43.9 Å². The second-order valence-electron chi connectivity index (χ2n) is 7.19. The van der Waals surface area contributed by atoms with Crippen molar-refractivity contribution in [3.8, 4) is 10.9 Å². The molecule has 1 aromatic heterocycles. The number of amides is 2. The molecule has 1 aromatic carbocycles. The number of nitrogens with two attached hydrogens (primary N) is 1. The number of unbranched alkanes of at least 4 members (excludes halogenated alkanes) is 4. The zero-order chi connectivity index (χ0) is 24.2. The number of nitrogens with zero attached hydrogens (tertiary/aromatic N) is 1. The van der Waals surface area contributed by atoms with E-state index in [2.05, 4.69) is 22.5 Å². The number of nitrogens with one attached hydrogen (secondary N) is 2. The average molecular weight is 481 g/mol. The molecule has 0 saturated heterocycles. The molecule has 5 N–H and O–H groups in total. The first kappa shape index (κ1) is 28.3. The summed E-state index contributed by atoms with van der Waals surface area (Å²) in [5, 5.41) is 17.8. The summed E-state index contributed by atoms with van der Waals surface area (Å²) < 4.78 is 10.8. The van der Waals surface area contributed by atoms with Crippen LogP contribution >= 0.6 is 11.3 Å². The number of hydrogen-bond acceptors (Lipinski definition) is 8. The van der Waals surface area contributed by atoms with Gasteiger partial charge in [-0.05, 0) is 30.7 Å². The van der Waals surface area contributed by atoms with Crippen LogP contribution in [0.3, 0.4) is 0 Å². The van der Waals surface area contributed by atoms with Crippen molar-refractivity contribution in [2.75, 3.05) is 32.8 Å². The van der Waals surface area contributed by atoms with Crippen LogP contribution in [0.1, 0.15) is 49.4 Å². The third-order valence-corrected chi connectivity index (χ3v) is 5.07. The molecule has 9 nitrogen and oxygen atoms in total. The first-order valence-corrected chi connectivity index (χ1v) is 12.1. The van der Waals surface area contributed by atoms with E-state index in [1.807, 2.05) is 5.38 Å². The standard InChI is InChI=1S/C15H19N3O4S.C8H17NO/c16-14(20)11-1-3-13(4-2-11)21-7-5-17-9-12(19)10-22-15-18-6-8-23-15;1-2-3-4-5-6-7-9-8-10/h1-4,6,8,12,17,19H,5,7,9-10H2,(H2,16,20);8H,2-7H2,1H3,(H,9,10). The van der Waals surface area contributed by atoms with E-state index in [4.69, 9.17) is 15.2 Å². The number of thiazole rings is 1. The van der Waals surface area contributed by atoms with Crippen molar-refractivity contribution >= 4 is 23.7 Å². The first-order valence-electron chi connectivity index (χ1n) is 11.2. The number of ether oxygens (including phenoxy) is 2. The highest BCUT2D eigenvalue weighted by Crippen LogP contribution is 2.13. The van der Waals surface area contributed by atoms with Crippen molar-refractivity contribution in [1.82, 2.24) is 15.6 Å².